The fraction of sp³-hybridized carbons (Fsp3) is 0.522. The number of carbonyl (C=O) groups is 1. The number of likely N-dealkylation sites (N-methyl/N-ethyl adjacent to an activating group) is 1. The standard InChI is InChI=1S/C23H28F3N3O2/c1-16(2)31-18-6-4-17(5-7-18)21(30)28-12-10-22(11-13-28)19-8-9-20(23(24,25)26)29(19)15-14-27(22)3/h4-9,16H,10-15H2,1-3H3. The second-order valence-corrected chi connectivity index (χ2v) is 8.69. The summed E-state index contributed by atoms with van der Waals surface area (Å²) in [5.41, 5.74) is 0.230. The first-order chi connectivity index (χ1) is 14.6. The minimum absolute atomic E-state index is 0.0594. The lowest BCUT2D eigenvalue weighted by molar-refractivity contribution is -0.144. The Morgan fingerprint density at radius 1 is 1.00 bits per heavy atom. The lowest BCUT2D eigenvalue weighted by Crippen LogP contribution is -2.56. The van der Waals surface area contributed by atoms with Gasteiger partial charge in [0.05, 0.1) is 11.6 Å². The molecule has 0 aliphatic carbocycles. The fourth-order valence-electron chi connectivity index (χ4n) is 4.87. The van der Waals surface area contributed by atoms with Crippen LogP contribution in [0.25, 0.3) is 0 Å². The second-order valence-electron chi connectivity index (χ2n) is 8.69. The van der Waals surface area contributed by atoms with Crippen LogP contribution in [0.15, 0.2) is 36.4 Å². The predicted octanol–water partition coefficient (Wildman–Crippen LogP) is 4.37. The number of hydrogen-bond acceptors (Lipinski definition) is 3. The topological polar surface area (TPSA) is 37.7 Å². The number of rotatable bonds is 3. The molecule has 0 N–H and O–H groups in total. The number of piperidine rings is 1. The highest BCUT2D eigenvalue weighted by Gasteiger charge is 2.47. The van der Waals surface area contributed by atoms with Gasteiger partial charge in [0, 0.05) is 37.4 Å². The number of hydrogen-bond donors (Lipinski definition) is 0. The molecule has 168 valence electrons. The van der Waals surface area contributed by atoms with Gasteiger partial charge in [0.15, 0.2) is 0 Å². The van der Waals surface area contributed by atoms with E-state index in [0.717, 1.165) is 0 Å². The van der Waals surface area contributed by atoms with Crippen LogP contribution in [0.4, 0.5) is 13.2 Å². The number of halogens is 3. The summed E-state index contributed by atoms with van der Waals surface area (Å²) in [6.07, 6.45) is -3.10. The summed E-state index contributed by atoms with van der Waals surface area (Å²) in [6.45, 7) is 5.76. The van der Waals surface area contributed by atoms with Gasteiger partial charge in [-0.2, -0.15) is 13.2 Å². The Morgan fingerprint density at radius 3 is 2.23 bits per heavy atom. The molecule has 0 radical (unpaired) electrons. The quantitative estimate of drug-likeness (QED) is 0.719. The molecule has 1 spiro atoms. The van der Waals surface area contributed by atoms with Crippen LogP contribution < -0.4 is 4.74 Å². The van der Waals surface area contributed by atoms with E-state index in [9.17, 15) is 18.0 Å². The van der Waals surface area contributed by atoms with Crippen LogP contribution in [0.2, 0.25) is 0 Å². The lowest BCUT2D eigenvalue weighted by Gasteiger charge is -2.50. The third kappa shape index (κ3) is 3.93. The first-order valence-corrected chi connectivity index (χ1v) is 10.7. The van der Waals surface area contributed by atoms with Crippen molar-refractivity contribution in [3.63, 3.8) is 0 Å². The lowest BCUT2D eigenvalue weighted by atomic mass is 9.81. The van der Waals surface area contributed by atoms with Crippen molar-refractivity contribution in [2.45, 2.75) is 51.1 Å². The van der Waals surface area contributed by atoms with Crippen LogP contribution in [0.5, 0.6) is 5.75 Å². The van der Waals surface area contributed by atoms with E-state index < -0.39 is 17.4 Å². The van der Waals surface area contributed by atoms with Crippen LogP contribution in [-0.4, -0.2) is 53.1 Å². The Morgan fingerprint density at radius 2 is 1.65 bits per heavy atom. The molecule has 1 aromatic carbocycles. The van der Waals surface area contributed by atoms with E-state index >= 15 is 0 Å². The first-order valence-electron chi connectivity index (χ1n) is 10.7. The minimum atomic E-state index is -4.36. The molecule has 1 aromatic heterocycles. The summed E-state index contributed by atoms with van der Waals surface area (Å²) in [5, 5.41) is 0. The zero-order valence-corrected chi connectivity index (χ0v) is 18.1. The molecule has 8 heteroatoms. The molecule has 2 aromatic rings. The van der Waals surface area contributed by atoms with Crippen molar-refractivity contribution in [2.24, 2.45) is 0 Å². The van der Waals surface area contributed by atoms with Gasteiger partial charge in [0.2, 0.25) is 0 Å². The molecule has 3 heterocycles. The Balaban J connectivity index is 1.51. The third-order valence-corrected chi connectivity index (χ3v) is 6.49. The third-order valence-electron chi connectivity index (χ3n) is 6.49. The molecule has 5 nitrogen and oxygen atoms in total. The Kier molecular flexibility index (Phi) is 5.54. The van der Waals surface area contributed by atoms with Crippen molar-refractivity contribution in [1.29, 1.82) is 0 Å². The van der Waals surface area contributed by atoms with E-state index in [0.29, 0.717) is 56.0 Å². The zero-order chi connectivity index (χ0) is 22.4. The molecule has 0 saturated carbocycles. The van der Waals surface area contributed by atoms with Gasteiger partial charge in [-0.25, -0.2) is 0 Å². The molecule has 1 fully saturated rings. The SMILES string of the molecule is CC(C)Oc1ccc(C(=O)N2CCC3(CC2)c2ccc(C(F)(F)F)n2CCN3C)cc1. The number of ether oxygens (including phenoxy) is 1. The highest BCUT2D eigenvalue weighted by Crippen LogP contribution is 2.44. The first kappa shape index (κ1) is 21.7. The summed E-state index contributed by atoms with van der Waals surface area (Å²) >= 11 is 0. The molecule has 1 saturated heterocycles. The van der Waals surface area contributed by atoms with Gasteiger partial charge in [-0.3, -0.25) is 9.69 Å². The summed E-state index contributed by atoms with van der Waals surface area (Å²) < 4.78 is 47.3. The number of amides is 1. The molecule has 0 bridgehead atoms. The Bertz CT molecular complexity index is 942. The highest BCUT2D eigenvalue weighted by atomic mass is 19.4. The van der Waals surface area contributed by atoms with Crippen LogP contribution in [0, 0.1) is 0 Å². The van der Waals surface area contributed by atoms with Gasteiger partial charge in [-0.15, -0.1) is 0 Å². The largest absolute Gasteiger partial charge is 0.491 e. The smallest absolute Gasteiger partial charge is 0.431 e. The normalized spacial score (nSPS) is 19.0. The van der Waals surface area contributed by atoms with Crippen molar-refractivity contribution in [3.05, 3.63) is 53.3 Å². The zero-order valence-electron chi connectivity index (χ0n) is 18.1. The maximum absolute atomic E-state index is 13.4. The van der Waals surface area contributed by atoms with Crippen molar-refractivity contribution in [2.75, 3.05) is 26.7 Å². The average molecular weight is 435 g/mol. The minimum Gasteiger partial charge on any atom is -0.491 e. The van der Waals surface area contributed by atoms with E-state index in [1.807, 2.05) is 20.9 Å². The second kappa shape index (κ2) is 7.89. The summed E-state index contributed by atoms with van der Waals surface area (Å²) in [7, 11) is 1.97. The molecular formula is C23H28F3N3O2. The number of benzene rings is 1. The summed E-state index contributed by atoms with van der Waals surface area (Å²) in [4.78, 5) is 16.9. The molecule has 1 amide bonds. The summed E-state index contributed by atoms with van der Waals surface area (Å²) in [5.74, 6) is 0.657. The molecule has 0 unspecified atom stereocenters. The van der Waals surface area contributed by atoms with Crippen molar-refractivity contribution >= 4 is 5.91 Å². The number of likely N-dealkylation sites (tertiary alicyclic amines) is 1. The number of fused-ring (bicyclic) bond motifs is 2. The number of alkyl halides is 3. The van der Waals surface area contributed by atoms with Gasteiger partial charge in [-0.05, 0) is 70.1 Å². The van der Waals surface area contributed by atoms with E-state index in [2.05, 4.69) is 4.90 Å². The monoisotopic (exact) mass is 435 g/mol. The molecular weight excluding hydrogens is 407 g/mol. The number of nitrogens with zero attached hydrogens (tertiary/aromatic N) is 3. The van der Waals surface area contributed by atoms with Gasteiger partial charge in [0.25, 0.3) is 5.91 Å². The predicted molar refractivity (Wildman–Crippen MR) is 111 cm³/mol. The molecule has 31 heavy (non-hydrogen) atoms. The summed E-state index contributed by atoms with van der Waals surface area (Å²) in [6, 6.07) is 9.91. The molecule has 4 rings (SSSR count). The Hall–Kier alpha value is -2.48. The maximum Gasteiger partial charge on any atom is 0.431 e. The Labute approximate surface area is 180 Å². The van der Waals surface area contributed by atoms with Crippen molar-refractivity contribution in [1.82, 2.24) is 14.4 Å². The highest BCUT2D eigenvalue weighted by molar-refractivity contribution is 5.94. The van der Waals surface area contributed by atoms with Crippen LogP contribution in [0.3, 0.4) is 0 Å². The fourth-order valence-corrected chi connectivity index (χ4v) is 4.87. The molecule has 2 aliphatic rings. The van der Waals surface area contributed by atoms with Crippen LogP contribution in [0.1, 0.15) is 48.4 Å². The van der Waals surface area contributed by atoms with Gasteiger partial charge in [-0.1, -0.05) is 0 Å². The maximum atomic E-state index is 13.4. The van der Waals surface area contributed by atoms with E-state index in [1.165, 1.54) is 10.6 Å². The number of carbonyl (C=O) groups excluding carboxylic acids is 1. The van der Waals surface area contributed by atoms with Gasteiger partial charge >= 0.3 is 6.18 Å². The van der Waals surface area contributed by atoms with Crippen LogP contribution in [-0.2, 0) is 18.3 Å². The van der Waals surface area contributed by atoms with Gasteiger partial charge in [0.1, 0.15) is 11.4 Å². The van der Waals surface area contributed by atoms with E-state index in [1.54, 1.807) is 35.2 Å². The van der Waals surface area contributed by atoms with Gasteiger partial charge < -0.3 is 14.2 Å². The molecule has 0 atom stereocenters. The van der Waals surface area contributed by atoms with E-state index in [4.69, 9.17) is 4.74 Å². The molecule has 2 aliphatic heterocycles. The van der Waals surface area contributed by atoms with Crippen LogP contribution >= 0.6 is 0 Å². The number of aromatic nitrogens is 1. The average Bonchev–Trinajstić information content (AvgIpc) is 3.17. The van der Waals surface area contributed by atoms with E-state index in [-0.39, 0.29) is 12.0 Å². The van der Waals surface area contributed by atoms with Crippen molar-refractivity contribution < 1.29 is 22.7 Å². The van der Waals surface area contributed by atoms with Crippen molar-refractivity contribution in [3.8, 4) is 5.75 Å².